The maximum absolute atomic E-state index is 10.4. The largest absolute Gasteiger partial charge is 0.228 e. The molecule has 0 fully saturated rings. The van der Waals surface area contributed by atoms with Gasteiger partial charge < -0.3 is 0 Å². The van der Waals surface area contributed by atoms with Crippen LogP contribution in [0.15, 0.2) is 186 Å². The van der Waals surface area contributed by atoms with Crippen molar-refractivity contribution < 1.29 is 0 Å². The van der Waals surface area contributed by atoms with Gasteiger partial charge in [-0.1, -0.05) is 157 Å². The Balaban J connectivity index is 1.11. The Labute approximate surface area is 307 Å². The van der Waals surface area contributed by atoms with E-state index >= 15 is 0 Å². The summed E-state index contributed by atoms with van der Waals surface area (Å²) in [5.41, 5.74) is 14.2. The molecule has 10 rings (SSSR count). The number of nitrogens with zero attached hydrogens (tertiary/aromatic N) is 3. The van der Waals surface area contributed by atoms with Gasteiger partial charge in [0.25, 0.3) is 0 Å². The van der Waals surface area contributed by atoms with Gasteiger partial charge >= 0.3 is 0 Å². The van der Waals surface area contributed by atoms with Gasteiger partial charge in [0.1, 0.15) is 0 Å². The Bertz CT molecular complexity index is 2610. The van der Waals surface area contributed by atoms with Gasteiger partial charge in [0.15, 0.2) is 5.82 Å². The highest BCUT2D eigenvalue weighted by atomic mass is 32.2. The molecule has 242 valence electrons. The summed E-state index contributed by atoms with van der Waals surface area (Å²) in [6, 6.07) is 64.2. The van der Waals surface area contributed by atoms with E-state index in [1.54, 1.807) is 0 Å². The van der Waals surface area contributed by atoms with Gasteiger partial charge in [-0.15, -0.1) is 0 Å². The summed E-state index contributed by atoms with van der Waals surface area (Å²) in [4.78, 5) is 12.6. The molecule has 0 saturated carbocycles. The Kier molecular flexibility index (Phi) is 7.02. The molecular formula is C48H29N3S. The van der Waals surface area contributed by atoms with Gasteiger partial charge in [0.05, 0.1) is 28.4 Å². The van der Waals surface area contributed by atoms with Gasteiger partial charge in [0.2, 0.25) is 0 Å². The lowest BCUT2D eigenvalue weighted by Gasteiger charge is -2.39. The van der Waals surface area contributed by atoms with Crippen LogP contribution in [-0.2, 0) is 5.41 Å². The average Bonchev–Trinajstić information content (AvgIpc) is 3.51. The highest BCUT2D eigenvalue weighted by Crippen LogP contribution is 2.62. The SMILES string of the molecule is N#Cc1cccc2c1-c1cc(-c3ccc(-c4nc(-c5ccccc5)cc(-c5ccccc5)n4)cc3)ccc1C21c2ccccc2Sc2ccccc21. The Morgan fingerprint density at radius 3 is 1.60 bits per heavy atom. The van der Waals surface area contributed by atoms with Gasteiger partial charge in [-0.2, -0.15) is 5.26 Å². The fourth-order valence-corrected chi connectivity index (χ4v) is 9.32. The number of aromatic nitrogens is 2. The van der Waals surface area contributed by atoms with Crippen molar-refractivity contribution in [1.29, 1.82) is 5.26 Å². The Hall–Kier alpha value is -6.54. The third-order valence-electron chi connectivity index (χ3n) is 10.4. The predicted octanol–water partition coefficient (Wildman–Crippen LogP) is 11.8. The van der Waals surface area contributed by atoms with E-state index in [9.17, 15) is 5.26 Å². The second-order valence-electron chi connectivity index (χ2n) is 13.2. The first-order valence-corrected chi connectivity index (χ1v) is 18.2. The van der Waals surface area contributed by atoms with Crippen molar-refractivity contribution in [3.05, 3.63) is 204 Å². The third kappa shape index (κ3) is 4.60. The van der Waals surface area contributed by atoms with Crippen LogP contribution in [0.25, 0.3) is 56.2 Å². The molecule has 1 spiro atoms. The van der Waals surface area contributed by atoms with E-state index in [1.807, 2.05) is 60.3 Å². The Morgan fingerprint density at radius 2 is 0.981 bits per heavy atom. The minimum atomic E-state index is -0.518. The zero-order valence-corrected chi connectivity index (χ0v) is 28.8. The lowest BCUT2D eigenvalue weighted by atomic mass is 9.67. The van der Waals surface area contributed by atoms with Crippen molar-refractivity contribution in [3.8, 4) is 62.2 Å². The molecule has 0 radical (unpaired) electrons. The maximum atomic E-state index is 10.4. The van der Waals surface area contributed by atoms with Crippen molar-refractivity contribution in [3.63, 3.8) is 0 Å². The van der Waals surface area contributed by atoms with Crippen LogP contribution in [0, 0.1) is 11.3 Å². The van der Waals surface area contributed by atoms with E-state index in [1.165, 1.54) is 32.0 Å². The molecule has 7 aromatic carbocycles. The lowest BCUT2D eigenvalue weighted by molar-refractivity contribution is 0.722. The number of hydrogen-bond donors (Lipinski definition) is 0. The predicted molar refractivity (Wildman–Crippen MR) is 210 cm³/mol. The molecule has 0 bridgehead atoms. The average molecular weight is 680 g/mol. The van der Waals surface area contributed by atoms with Crippen LogP contribution in [-0.4, -0.2) is 9.97 Å². The summed E-state index contributed by atoms with van der Waals surface area (Å²) in [6.07, 6.45) is 0. The summed E-state index contributed by atoms with van der Waals surface area (Å²) in [6.45, 7) is 0. The monoisotopic (exact) mass is 679 g/mol. The first-order chi connectivity index (χ1) is 25.7. The van der Waals surface area contributed by atoms with Crippen molar-refractivity contribution in [2.45, 2.75) is 15.2 Å². The summed E-state index contributed by atoms with van der Waals surface area (Å²) in [7, 11) is 0. The first-order valence-electron chi connectivity index (χ1n) is 17.4. The van der Waals surface area contributed by atoms with Crippen LogP contribution >= 0.6 is 11.8 Å². The smallest absolute Gasteiger partial charge is 0.160 e. The maximum Gasteiger partial charge on any atom is 0.160 e. The molecule has 8 aromatic rings. The molecule has 0 atom stereocenters. The van der Waals surface area contributed by atoms with Gasteiger partial charge in [-0.25, -0.2) is 9.97 Å². The normalized spacial score (nSPS) is 13.1. The van der Waals surface area contributed by atoms with Crippen molar-refractivity contribution in [1.82, 2.24) is 9.97 Å². The van der Waals surface area contributed by atoms with Crippen molar-refractivity contribution in [2.24, 2.45) is 0 Å². The number of benzene rings is 7. The fraction of sp³-hybridized carbons (Fsp3) is 0.0208. The highest BCUT2D eigenvalue weighted by molar-refractivity contribution is 7.99. The highest BCUT2D eigenvalue weighted by Gasteiger charge is 2.50. The van der Waals surface area contributed by atoms with E-state index in [0.717, 1.165) is 50.3 Å². The number of hydrogen-bond acceptors (Lipinski definition) is 4. The number of fused-ring (bicyclic) bond motifs is 9. The summed E-state index contributed by atoms with van der Waals surface area (Å²) >= 11 is 1.83. The second kappa shape index (κ2) is 12.1. The number of nitriles is 1. The molecule has 0 saturated heterocycles. The number of rotatable bonds is 4. The van der Waals surface area contributed by atoms with Crippen molar-refractivity contribution >= 4 is 11.8 Å². The molecule has 1 aliphatic heterocycles. The van der Waals surface area contributed by atoms with Crippen LogP contribution in [0.2, 0.25) is 0 Å². The van der Waals surface area contributed by atoms with Gasteiger partial charge in [-0.05, 0) is 69.3 Å². The molecule has 0 N–H and O–H groups in total. The van der Waals surface area contributed by atoms with Crippen LogP contribution in [0.1, 0.15) is 27.8 Å². The molecule has 2 heterocycles. The van der Waals surface area contributed by atoms with E-state index < -0.39 is 5.41 Å². The molecule has 4 heteroatoms. The second-order valence-corrected chi connectivity index (χ2v) is 14.3. The topological polar surface area (TPSA) is 49.6 Å². The van der Waals surface area contributed by atoms with Crippen molar-refractivity contribution in [2.75, 3.05) is 0 Å². The molecule has 3 nitrogen and oxygen atoms in total. The molecular weight excluding hydrogens is 651 g/mol. The molecule has 1 aromatic heterocycles. The van der Waals surface area contributed by atoms with Crippen LogP contribution in [0.4, 0.5) is 0 Å². The summed E-state index contributed by atoms with van der Waals surface area (Å²) < 4.78 is 0. The molecule has 52 heavy (non-hydrogen) atoms. The minimum Gasteiger partial charge on any atom is -0.228 e. The van der Waals surface area contributed by atoms with E-state index in [-0.39, 0.29) is 0 Å². The summed E-state index contributed by atoms with van der Waals surface area (Å²) in [5, 5.41) is 10.4. The first kappa shape index (κ1) is 30.3. The molecule has 0 unspecified atom stereocenters. The lowest BCUT2D eigenvalue weighted by Crippen LogP contribution is -2.31. The Morgan fingerprint density at radius 1 is 0.442 bits per heavy atom. The van der Waals surface area contributed by atoms with E-state index in [0.29, 0.717) is 11.4 Å². The third-order valence-corrected chi connectivity index (χ3v) is 11.6. The van der Waals surface area contributed by atoms with E-state index in [4.69, 9.17) is 9.97 Å². The van der Waals surface area contributed by atoms with Crippen LogP contribution in [0.5, 0.6) is 0 Å². The molecule has 1 aliphatic carbocycles. The zero-order chi connectivity index (χ0) is 34.6. The van der Waals surface area contributed by atoms with E-state index in [2.05, 4.69) is 133 Å². The van der Waals surface area contributed by atoms with Gasteiger partial charge in [-0.3, -0.25) is 0 Å². The van der Waals surface area contributed by atoms with Gasteiger partial charge in [0, 0.05) is 32.0 Å². The summed E-state index contributed by atoms with van der Waals surface area (Å²) in [5.74, 6) is 0.683. The van der Waals surface area contributed by atoms with Crippen LogP contribution < -0.4 is 0 Å². The zero-order valence-electron chi connectivity index (χ0n) is 28.0. The minimum absolute atomic E-state index is 0.518. The quantitative estimate of drug-likeness (QED) is 0.186. The standard InChI is InChI=1S/C48H29N3S/c49-30-36-16-11-19-41-46(36)37-28-35(26-27-38(37)48(41)39-17-7-9-20-44(39)52-45-21-10-8-18-40(45)48)31-22-24-34(25-23-31)47-50-42(32-12-3-1-4-13-32)29-43(51-47)33-14-5-2-6-15-33/h1-29H. The molecule has 0 amide bonds. The molecule has 2 aliphatic rings. The fourth-order valence-electron chi connectivity index (χ4n) is 8.13. The van der Waals surface area contributed by atoms with Crippen LogP contribution in [0.3, 0.4) is 0 Å².